The molecule has 34 heavy (non-hydrogen) atoms. The van der Waals surface area contributed by atoms with Crippen molar-refractivity contribution in [1.29, 1.82) is 0 Å². The normalized spacial score (nSPS) is 15.9. The molecule has 9 nitrogen and oxygen atoms in total. The number of methoxy groups -OCH3 is 2. The zero-order chi connectivity index (χ0) is 24.7. The lowest BCUT2D eigenvalue weighted by atomic mass is 10.0. The summed E-state index contributed by atoms with van der Waals surface area (Å²) in [5.41, 5.74) is 0.801. The van der Waals surface area contributed by atoms with Crippen LogP contribution in [0.5, 0.6) is 11.5 Å². The lowest BCUT2D eigenvalue weighted by Crippen LogP contribution is -2.53. The maximum Gasteiger partial charge on any atom is 0.243 e. The second kappa shape index (κ2) is 11.3. The zero-order valence-corrected chi connectivity index (χ0v) is 20.4. The molecule has 1 fully saturated rings. The van der Waals surface area contributed by atoms with E-state index in [1.807, 2.05) is 6.07 Å². The van der Waals surface area contributed by atoms with Crippen LogP contribution < -0.4 is 20.1 Å². The van der Waals surface area contributed by atoms with Crippen molar-refractivity contribution in [2.75, 3.05) is 27.3 Å². The van der Waals surface area contributed by atoms with Crippen LogP contribution in [0.3, 0.4) is 0 Å². The van der Waals surface area contributed by atoms with E-state index in [2.05, 4.69) is 10.6 Å². The topological polar surface area (TPSA) is 114 Å². The van der Waals surface area contributed by atoms with E-state index in [0.717, 1.165) is 5.56 Å². The van der Waals surface area contributed by atoms with E-state index in [1.165, 1.54) is 18.3 Å². The Balaban J connectivity index is 1.62. The zero-order valence-electron chi connectivity index (χ0n) is 19.6. The molecule has 1 atom stereocenters. The van der Waals surface area contributed by atoms with Gasteiger partial charge in [0, 0.05) is 32.5 Å². The molecule has 2 aromatic rings. The summed E-state index contributed by atoms with van der Waals surface area (Å²) >= 11 is 0. The van der Waals surface area contributed by atoms with Crippen LogP contribution in [-0.2, 0) is 26.0 Å². The van der Waals surface area contributed by atoms with E-state index in [0.29, 0.717) is 37.4 Å². The van der Waals surface area contributed by atoms with Gasteiger partial charge in [-0.05, 0) is 42.7 Å². The molecule has 0 radical (unpaired) electrons. The molecule has 0 saturated carbocycles. The molecule has 1 aliphatic heterocycles. The van der Waals surface area contributed by atoms with Crippen LogP contribution in [0, 0.1) is 0 Å². The Bertz CT molecular complexity index is 1100. The molecule has 1 saturated heterocycles. The average molecular weight is 490 g/mol. The minimum Gasteiger partial charge on any atom is -0.493 e. The summed E-state index contributed by atoms with van der Waals surface area (Å²) in [6.07, 6.45) is 1.24. The Morgan fingerprint density at radius 1 is 1.03 bits per heavy atom. The Morgan fingerprint density at radius 2 is 1.68 bits per heavy atom. The highest BCUT2D eigenvalue weighted by Crippen LogP contribution is 2.28. The van der Waals surface area contributed by atoms with Crippen molar-refractivity contribution < 1.29 is 27.5 Å². The Kier molecular flexibility index (Phi) is 8.51. The van der Waals surface area contributed by atoms with Gasteiger partial charge in [0.25, 0.3) is 0 Å². The average Bonchev–Trinajstić information content (AvgIpc) is 2.84. The van der Waals surface area contributed by atoms with Crippen LogP contribution >= 0.6 is 0 Å². The summed E-state index contributed by atoms with van der Waals surface area (Å²) in [6, 6.07) is 12.7. The highest BCUT2D eigenvalue weighted by atomic mass is 32.2. The number of rotatable bonds is 9. The monoisotopic (exact) mass is 489 g/mol. The molecule has 10 heteroatoms. The largest absolute Gasteiger partial charge is 0.493 e. The molecule has 2 aromatic carbocycles. The second-order valence-electron chi connectivity index (χ2n) is 8.15. The van der Waals surface area contributed by atoms with E-state index in [1.54, 1.807) is 49.6 Å². The van der Waals surface area contributed by atoms with Crippen LogP contribution in [0.1, 0.15) is 25.3 Å². The van der Waals surface area contributed by atoms with Gasteiger partial charge in [-0.15, -0.1) is 0 Å². The predicted molar refractivity (Wildman–Crippen MR) is 127 cm³/mol. The van der Waals surface area contributed by atoms with Crippen LogP contribution in [0.2, 0.25) is 0 Å². The first-order valence-corrected chi connectivity index (χ1v) is 12.5. The number of hydrogen-bond donors (Lipinski definition) is 2. The fourth-order valence-electron chi connectivity index (χ4n) is 3.98. The van der Waals surface area contributed by atoms with Crippen molar-refractivity contribution >= 4 is 21.8 Å². The highest BCUT2D eigenvalue weighted by molar-refractivity contribution is 7.89. The van der Waals surface area contributed by atoms with Gasteiger partial charge in [-0.25, -0.2) is 8.42 Å². The highest BCUT2D eigenvalue weighted by Gasteiger charge is 2.31. The Labute approximate surface area is 200 Å². The standard InChI is InChI=1S/C24H31N3O6S/c1-17(28)25-21(15-18-9-10-22(32-2)23(16-18)33-3)24(29)26-19-11-13-27(14-12-19)34(30,31)20-7-5-4-6-8-20/h4-10,16,19,21H,11-15H2,1-3H3,(H,25,28)(H,26,29)/t21-/m0/s1. The van der Waals surface area contributed by atoms with Gasteiger partial charge in [0.05, 0.1) is 19.1 Å². The summed E-state index contributed by atoms with van der Waals surface area (Å²) in [7, 11) is -0.483. The predicted octanol–water partition coefficient (Wildman–Crippen LogP) is 1.72. The molecule has 2 N–H and O–H groups in total. The lowest BCUT2D eigenvalue weighted by Gasteiger charge is -2.32. The molecule has 0 spiro atoms. The first-order valence-electron chi connectivity index (χ1n) is 11.1. The maximum atomic E-state index is 13.0. The van der Waals surface area contributed by atoms with Crippen LogP contribution in [0.25, 0.3) is 0 Å². The molecule has 0 bridgehead atoms. The second-order valence-corrected chi connectivity index (χ2v) is 10.1. The quantitative estimate of drug-likeness (QED) is 0.555. The third-order valence-corrected chi connectivity index (χ3v) is 7.68. The van der Waals surface area contributed by atoms with Crippen LogP contribution in [0.15, 0.2) is 53.4 Å². The molecule has 184 valence electrons. The first-order chi connectivity index (χ1) is 16.2. The van der Waals surface area contributed by atoms with E-state index < -0.39 is 16.1 Å². The fraction of sp³-hybridized carbons (Fsp3) is 0.417. The summed E-state index contributed by atoms with van der Waals surface area (Å²) in [5.74, 6) is 0.483. The number of piperidine rings is 1. The molecule has 0 unspecified atom stereocenters. The van der Waals surface area contributed by atoms with Crippen molar-refractivity contribution in [2.24, 2.45) is 0 Å². The number of hydrogen-bond acceptors (Lipinski definition) is 6. The summed E-state index contributed by atoms with van der Waals surface area (Å²) < 4.78 is 37.7. The lowest BCUT2D eigenvalue weighted by molar-refractivity contribution is -0.128. The minimum absolute atomic E-state index is 0.184. The minimum atomic E-state index is -3.56. The Morgan fingerprint density at radius 3 is 2.26 bits per heavy atom. The number of nitrogens with one attached hydrogen (secondary N) is 2. The molecule has 0 aromatic heterocycles. The smallest absolute Gasteiger partial charge is 0.243 e. The first kappa shape index (κ1) is 25.5. The third kappa shape index (κ3) is 6.27. The summed E-state index contributed by atoms with van der Waals surface area (Å²) in [5, 5.41) is 5.69. The van der Waals surface area contributed by atoms with Gasteiger partial charge in [0.2, 0.25) is 21.8 Å². The number of amides is 2. The van der Waals surface area contributed by atoms with Gasteiger partial charge in [-0.1, -0.05) is 24.3 Å². The van der Waals surface area contributed by atoms with Gasteiger partial charge in [-0.2, -0.15) is 4.31 Å². The molecule has 2 amide bonds. The van der Waals surface area contributed by atoms with Crippen molar-refractivity contribution in [3.05, 3.63) is 54.1 Å². The van der Waals surface area contributed by atoms with Gasteiger partial charge in [0.15, 0.2) is 11.5 Å². The number of carbonyl (C=O) groups excluding carboxylic acids is 2. The maximum absolute atomic E-state index is 13.0. The van der Waals surface area contributed by atoms with Gasteiger partial charge in [-0.3, -0.25) is 9.59 Å². The van der Waals surface area contributed by atoms with Crippen molar-refractivity contribution in [3.8, 4) is 11.5 Å². The SMILES string of the molecule is COc1ccc(C[C@H](NC(C)=O)C(=O)NC2CCN(S(=O)(=O)c3ccccc3)CC2)cc1OC. The van der Waals surface area contributed by atoms with Gasteiger partial charge in [0.1, 0.15) is 6.04 Å². The van der Waals surface area contributed by atoms with Crippen molar-refractivity contribution in [1.82, 2.24) is 14.9 Å². The number of carbonyl (C=O) groups is 2. The van der Waals surface area contributed by atoms with E-state index >= 15 is 0 Å². The van der Waals surface area contributed by atoms with Gasteiger partial charge >= 0.3 is 0 Å². The van der Waals surface area contributed by atoms with E-state index in [9.17, 15) is 18.0 Å². The Hall–Kier alpha value is -3.11. The van der Waals surface area contributed by atoms with Crippen molar-refractivity contribution in [2.45, 2.75) is 43.2 Å². The van der Waals surface area contributed by atoms with Crippen LogP contribution in [-0.4, -0.2) is 63.9 Å². The molecular weight excluding hydrogens is 458 g/mol. The number of benzene rings is 2. The molecule has 1 heterocycles. The van der Waals surface area contributed by atoms with Gasteiger partial charge < -0.3 is 20.1 Å². The molecule has 0 aliphatic carbocycles. The molecular formula is C24H31N3O6S. The molecule has 3 rings (SSSR count). The number of nitrogens with zero attached hydrogens (tertiary/aromatic N) is 1. The number of sulfonamides is 1. The van der Waals surface area contributed by atoms with Crippen LogP contribution in [0.4, 0.5) is 0 Å². The number of ether oxygens (including phenoxy) is 2. The third-order valence-electron chi connectivity index (χ3n) is 5.76. The summed E-state index contributed by atoms with van der Waals surface area (Å²) in [4.78, 5) is 25.0. The molecule has 1 aliphatic rings. The van der Waals surface area contributed by atoms with E-state index in [-0.39, 0.29) is 29.2 Å². The van der Waals surface area contributed by atoms with E-state index in [4.69, 9.17) is 9.47 Å². The van der Waals surface area contributed by atoms with Crippen molar-refractivity contribution in [3.63, 3.8) is 0 Å². The summed E-state index contributed by atoms with van der Waals surface area (Å²) in [6.45, 7) is 1.98. The fourth-order valence-corrected chi connectivity index (χ4v) is 5.47.